The summed E-state index contributed by atoms with van der Waals surface area (Å²) in [5.74, 6) is -3.65. The summed E-state index contributed by atoms with van der Waals surface area (Å²) < 4.78 is 1.06. The molecule has 8 nitrogen and oxygen atoms in total. The first-order valence-corrected chi connectivity index (χ1v) is 7.69. The molecule has 0 unspecified atom stereocenters. The number of non-ortho nitro benzene ring substituents is 1. The number of benzene rings is 2. The maximum atomic E-state index is 10.7. The van der Waals surface area contributed by atoms with Crippen LogP contribution in [-0.2, 0) is 16.1 Å². The van der Waals surface area contributed by atoms with E-state index in [1.807, 2.05) is 31.2 Å². The molecule has 0 aliphatic carbocycles. The zero-order valence-corrected chi connectivity index (χ0v) is 14.7. The molecule has 0 aromatic heterocycles. The van der Waals surface area contributed by atoms with Crippen molar-refractivity contribution < 1.29 is 24.7 Å². The van der Waals surface area contributed by atoms with Gasteiger partial charge in [0.25, 0.3) is 5.69 Å². The molecule has 0 radical (unpaired) electrons. The number of nitrogens with zero attached hydrogens (tertiary/aromatic N) is 1. The minimum atomic E-state index is -1.82. The molecule has 0 fully saturated rings. The topological polar surface area (TPSA) is 130 Å². The second kappa shape index (κ2) is 9.38. The number of hydrogen-bond donors (Lipinski definition) is 3. The van der Waals surface area contributed by atoms with Crippen molar-refractivity contribution in [2.75, 3.05) is 5.32 Å². The summed E-state index contributed by atoms with van der Waals surface area (Å²) in [6.45, 7) is 2.57. The van der Waals surface area contributed by atoms with Crippen LogP contribution in [0.2, 0.25) is 0 Å². The van der Waals surface area contributed by atoms with Gasteiger partial charge < -0.3 is 15.5 Å². The molecule has 0 aliphatic heterocycles. The lowest BCUT2D eigenvalue weighted by Gasteiger charge is -2.08. The van der Waals surface area contributed by atoms with E-state index in [1.165, 1.54) is 6.07 Å². The first-order chi connectivity index (χ1) is 11.7. The molecule has 0 saturated heterocycles. The Kier molecular flexibility index (Phi) is 7.54. The van der Waals surface area contributed by atoms with E-state index in [9.17, 15) is 10.1 Å². The van der Waals surface area contributed by atoms with Crippen molar-refractivity contribution in [3.05, 3.63) is 68.2 Å². The summed E-state index contributed by atoms with van der Waals surface area (Å²) in [6.07, 6.45) is 0. The fraction of sp³-hybridized carbons (Fsp3) is 0.125. The smallest absolute Gasteiger partial charge is 0.414 e. The highest BCUT2D eigenvalue weighted by molar-refractivity contribution is 9.10. The molecule has 0 atom stereocenters. The van der Waals surface area contributed by atoms with Crippen LogP contribution in [0, 0.1) is 17.0 Å². The van der Waals surface area contributed by atoms with Gasteiger partial charge in [-0.25, -0.2) is 9.59 Å². The highest BCUT2D eigenvalue weighted by atomic mass is 79.9. The Hall–Kier alpha value is -2.94. The van der Waals surface area contributed by atoms with Crippen LogP contribution in [0.4, 0.5) is 11.4 Å². The highest BCUT2D eigenvalue weighted by Gasteiger charge is 2.05. The Morgan fingerprint density at radius 2 is 1.80 bits per heavy atom. The van der Waals surface area contributed by atoms with Gasteiger partial charge in [0, 0.05) is 28.8 Å². The van der Waals surface area contributed by atoms with E-state index in [0.29, 0.717) is 6.54 Å². The van der Waals surface area contributed by atoms with Crippen LogP contribution < -0.4 is 5.32 Å². The fourth-order valence-electron chi connectivity index (χ4n) is 1.74. The lowest BCUT2D eigenvalue weighted by atomic mass is 10.2. The predicted molar refractivity (Wildman–Crippen MR) is 94.6 cm³/mol. The number of anilines is 1. The molecule has 9 heteroatoms. The molecule has 2 aromatic carbocycles. The molecule has 3 N–H and O–H groups in total. The number of nitro benzene ring substituents is 1. The minimum Gasteiger partial charge on any atom is -0.473 e. The monoisotopic (exact) mass is 410 g/mol. The van der Waals surface area contributed by atoms with Gasteiger partial charge in [-0.2, -0.15) is 0 Å². The Morgan fingerprint density at radius 1 is 1.16 bits per heavy atom. The average Bonchev–Trinajstić information content (AvgIpc) is 2.56. The first-order valence-electron chi connectivity index (χ1n) is 6.90. The van der Waals surface area contributed by atoms with Crippen LogP contribution in [0.3, 0.4) is 0 Å². The molecule has 132 valence electrons. The van der Waals surface area contributed by atoms with Crippen molar-refractivity contribution in [3.63, 3.8) is 0 Å². The van der Waals surface area contributed by atoms with Crippen LogP contribution in [0.5, 0.6) is 0 Å². The molecule has 0 heterocycles. The second-order valence-corrected chi connectivity index (χ2v) is 5.71. The summed E-state index contributed by atoms with van der Waals surface area (Å²) in [5, 5.41) is 28.7. The summed E-state index contributed by atoms with van der Waals surface area (Å²) in [4.78, 5) is 28.5. The third-order valence-corrected chi connectivity index (χ3v) is 3.85. The number of aryl methyl sites for hydroxylation is 1. The number of aliphatic carboxylic acids is 2. The Bertz CT molecular complexity index is 782. The standard InChI is InChI=1S/C14H13BrN2O2.C2H2O4/c1-10-7-12(5-6-14(10)15)16-9-11-3-2-4-13(8-11)17(18)19;3-1(4)2(5)6/h2-8,16H,9H2,1H3;(H,3,4)(H,5,6). The fourth-order valence-corrected chi connectivity index (χ4v) is 1.99. The molecule has 2 aromatic rings. The maximum Gasteiger partial charge on any atom is 0.414 e. The molecular formula is C16H15BrN2O6. The number of hydrogen-bond acceptors (Lipinski definition) is 5. The van der Waals surface area contributed by atoms with Crippen LogP contribution in [0.15, 0.2) is 46.9 Å². The number of halogens is 1. The average molecular weight is 411 g/mol. The first kappa shape index (κ1) is 20.1. The summed E-state index contributed by atoms with van der Waals surface area (Å²) in [7, 11) is 0. The third-order valence-electron chi connectivity index (χ3n) is 2.96. The predicted octanol–water partition coefficient (Wildman–Crippen LogP) is 3.43. The van der Waals surface area contributed by atoms with Crippen LogP contribution in [-0.4, -0.2) is 27.1 Å². The minimum absolute atomic E-state index is 0.117. The highest BCUT2D eigenvalue weighted by Crippen LogP contribution is 2.21. The van der Waals surface area contributed by atoms with Crippen molar-refractivity contribution in [3.8, 4) is 0 Å². The molecule has 0 saturated carbocycles. The van der Waals surface area contributed by atoms with E-state index in [-0.39, 0.29) is 10.6 Å². The second-order valence-electron chi connectivity index (χ2n) is 4.85. The SMILES string of the molecule is Cc1cc(NCc2cccc([N+](=O)[O-])c2)ccc1Br.O=C(O)C(=O)O. The van der Waals surface area contributed by atoms with Gasteiger partial charge in [-0.05, 0) is 36.2 Å². The zero-order chi connectivity index (χ0) is 19.0. The quantitative estimate of drug-likeness (QED) is 0.399. The Morgan fingerprint density at radius 3 is 2.32 bits per heavy atom. The van der Waals surface area contributed by atoms with Crippen LogP contribution in [0.25, 0.3) is 0 Å². The van der Waals surface area contributed by atoms with Crippen molar-refractivity contribution in [1.82, 2.24) is 0 Å². The van der Waals surface area contributed by atoms with Gasteiger partial charge in [-0.1, -0.05) is 28.1 Å². The van der Waals surface area contributed by atoms with Gasteiger partial charge >= 0.3 is 11.9 Å². The molecular weight excluding hydrogens is 396 g/mol. The lowest BCUT2D eigenvalue weighted by Crippen LogP contribution is -2.09. The Labute approximate surface area is 151 Å². The molecule has 0 bridgehead atoms. The third kappa shape index (κ3) is 7.00. The summed E-state index contributed by atoms with van der Waals surface area (Å²) >= 11 is 3.45. The molecule has 2 rings (SSSR count). The summed E-state index contributed by atoms with van der Waals surface area (Å²) in [5.41, 5.74) is 3.14. The van der Waals surface area contributed by atoms with E-state index < -0.39 is 11.9 Å². The van der Waals surface area contributed by atoms with Crippen molar-refractivity contribution in [2.24, 2.45) is 0 Å². The van der Waals surface area contributed by atoms with Crippen molar-refractivity contribution in [1.29, 1.82) is 0 Å². The van der Waals surface area contributed by atoms with E-state index >= 15 is 0 Å². The number of nitro groups is 1. The Balaban J connectivity index is 0.000000450. The van der Waals surface area contributed by atoms with Gasteiger partial charge in [0.15, 0.2) is 0 Å². The van der Waals surface area contributed by atoms with Gasteiger partial charge in [0.1, 0.15) is 0 Å². The largest absolute Gasteiger partial charge is 0.473 e. The number of carboxylic acid groups (broad SMARTS) is 2. The van der Waals surface area contributed by atoms with Gasteiger partial charge in [-0.3, -0.25) is 10.1 Å². The molecule has 25 heavy (non-hydrogen) atoms. The van der Waals surface area contributed by atoms with Crippen LogP contribution >= 0.6 is 15.9 Å². The summed E-state index contributed by atoms with van der Waals surface area (Å²) in [6, 6.07) is 12.6. The van der Waals surface area contributed by atoms with E-state index in [0.717, 1.165) is 21.3 Å². The zero-order valence-electron chi connectivity index (χ0n) is 13.1. The van der Waals surface area contributed by atoms with Gasteiger partial charge in [-0.15, -0.1) is 0 Å². The van der Waals surface area contributed by atoms with E-state index in [4.69, 9.17) is 19.8 Å². The van der Waals surface area contributed by atoms with Crippen LogP contribution in [0.1, 0.15) is 11.1 Å². The number of carboxylic acids is 2. The van der Waals surface area contributed by atoms with E-state index in [1.54, 1.807) is 12.1 Å². The maximum absolute atomic E-state index is 10.7. The van der Waals surface area contributed by atoms with Crippen molar-refractivity contribution in [2.45, 2.75) is 13.5 Å². The van der Waals surface area contributed by atoms with E-state index in [2.05, 4.69) is 21.2 Å². The number of carbonyl (C=O) groups is 2. The number of nitrogens with one attached hydrogen (secondary N) is 1. The van der Waals surface area contributed by atoms with Gasteiger partial charge in [0.2, 0.25) is 0 Å². The van der Waals surface area contributed by atoms with Gasteiger partial charge in [0.05, 0.1) is 4.92 Å². The normalized spacial score (nSPS) is 9.52. The van der Waals surface area contributed by atoms with Crippen molar-refractivity contribution >= 4 is 39.2 Å². The molecule has 0 spiro atoms. The molecule has 0 aliphatic rings. The number of rotatable bonds is 4. The molecule has 0 amide bonds. The lowest BCUT2D eigenvalue weighted by molar-refractivity contribution is -0.384.